The highest BCUT2D eigenvalue weighted by Crippen LogP contribution is 2.47. The predicted octanol–water partition coefficient (Wildman–Crippen LogP) is 5.45. The van der Waals surface area contributed by atoms with Crippen molar-refractivity contribution in [3.05, 3.63) is 138 Å². The van der Waals surface area contributed by atoms with Crippen LogP contribution in [0.2, 0.25) is 0 Å². The Kier molecular flexibility index (Phi) is 5.77. The van der Waals surface area contributed by atoms with E-state index in [1.54, 1.807) is 72.8 Å². The van der Waals surface area contributed by atoms with Crippen molar-refractivity contribution in [2.24, 2.45) is 0 Å². The maximum absolute atomic E-state index is 14.1. The van der Waals surface area contributed by atoms with Crippen LogP contribution in [0, 0.1) is 6.92 Å². The molecule has 0 aliphatic rings. The number of hydrogen-bond donors (Lipinski definition) is 1. The molecule has 0 radical (unpaired) electrons. The van der Waals surface area contributed by atoms with E-state index in [2.05, 4.69) is 0 Å². The van der Waals surface area contributed by atoms with Crippen LogP contribution < -0.4 is 0 Å². The van der Waals surface area contributed by atoms with Crippen LogP contribution in [-0.4, -0.2) is 13.5 Å². The van der Waals surface area contributed by atoms with Crippen molar-refractivity contribution in [2.75, 3.05) is 0 Å². The largest absolute Gasteiger partial charge is 0.379 e. The van der Waals surface area contributed by atoms with Gasteiger partial charge in [0.15, 0.2) is 9.84 Å². The summed E-state index contributed by atoms with van der Waals surface area (Å²) in [5.74, 6) is 0. The Bertz CT molecular complexity index is 1190. The van der Waals surface area contributed by atoms with E-state index in [0.29, 0.717) is 16.7 Å². The van der Waals surface area contributed by atoms with Gasteiger partial charge in [0, 0.05) is 0 Å². The Hall–Kier alpha value is -3.21. The Morgan fingerprint density at radius 2 is 1.06 bits per heavy atom. The van der Waals surface area contributed by atoms with Gasteiger partial charge in [-0.1, -0.05) is 109 Å². The summed E-state index contributed by atoms with van der Waals surface area (Å²) in [4.78, 5) is 0.178. The molecule has 4 rings (SSSR count). The molecule has 156 valence electrons. The molecule has 31 heavy (non-hydrogen) atoms. The summed E-state index contributed by atoms with van der Waals surface area (Å²) in [6.45, 7) is 1.91. The molecule has 0 aliphatic heterocycles. The second kappa shape index (κ2) is 8.50. The van der Waals surface area contributed by atoms with Gasteiger partial charge in [-0.05, 0) is 35.7 Å². The summed E-state index contributed by atoms with van der Waals surface area (Å²) in [5, 5.41) is 11.1. The lowest BCUT2D eigenvalue weighted by molar-refractivity contribution is 0.0746. The summed E-state index contributed by atoms with van der Waals surface area (Å²) in [5.41, 5.74) is 0.736. The smallest absolute Gasteiger partial charge is 0.188 e. The van der Waals surface area contributed by atoms with Gasteiger partial charge < -0.3 is 5.11 Å². The highest BCUT2D eigenvalue weighted by atomic mass is 32.2. The zero-order valence-electron chi connectivity index (χ0n) is 17.2. The molecule has 0 amide bonds. The molecule has 0 saturated heterocycles. The quantitative estimate of drug-likeness (QED) is 0.445. The van der Waals surface area contributed by atoms with Gasteiger partial charge in [0.25, 0.3) is 0 Å². The van der Waals surface area contributed by atoms with Crippen LogP contribution in [0.1, 0.15) is 27.5 Å². The van der Waals surface area contributed by atoms with Crippen LogP contribution in [0.3, 0.4) is 0 Å². The fourth-order valence-electron chi connectivity index (χ4n) is 3.99. The number of hydrogen-bond acceptors (Lipinski definition) is 3. The number of aryl methyl sites for hydroxylation is 1. The Morgan fingerprint density at radius 3 is 1.52 bits per heavy atom. The van der Waals surface area contributed by atoms with E-state index in [1.165, 1.54) is 0 Å². The highest BCUT2D eigenvalue weighted by molar-refractivity contribution is 7.91. The highest BCUT2D eigenvalue weighted by Gasteiger charge is 2.49. The summed E-state index contributed by atoms with van der Waals surface area (Å²) in [6, 6.07) is 33.7. The first kappa shape index (κ1) is 21.0. The lowest BCUT2D eigenvalue weighted by Crippen LogP contribution is -2.39. The van der Waals surface area contributed by atoms with Crippen LogP contribution >= 0.6 is 0 Å². The fourth-order valence-corrected chi connectivity index (χ4v) is 6.01. The van der Waals surface area contributed by atoms with Crippen molar-refractivity contribution in [1.29, 1.82) is 0 Å². The SMILES string of the molecule is Cc1ccc(S(=O)(=O)[C@H](c2ccccc2)C(O)(c2ccccc2)c2ccccc2)cc1. The van der Waals surface area contributed by atoms with Crippen LogP contribution in [0.15, 0.2) is 120 Å². The van der Waals surface area contributed by atoms with Gasteiger partial charge in [-0.3, -0.25) is 0 Å². The third-order valence-electron chi connectivity index (χ3n) is 5.57. The molecule has 0 saturated carbocycles. The molecule has 0 aromatic heterocycles. The van der Waals surface area contributed by atoms with E-state index in [9.17, 15) is 13.5 Å². The average molecular weight is 429 g/mol. The van der Waals surface area contributed by atoms with E-state index in [1.807, 2.05) is 49.4 Å². The molecule has 0 bridgehead atoms. The summed E-state index contributed by atoms with van der Waals surface area (Å²) < 4.78 is 28.2. The summed E-state index contributed by atoms with van der Waals surface area (Å²) in [7, 11) is -3.97. The van der Waals surface area contributed by atoms with Crippen LogP contribution in [-0.2, 0) is 15.4 Å². The maximum Gasteiger partial charge on any atom is 0.188 e. The molecule has 1 atom stereocenters. The number of benzene rings is 4. The minimum atomic E-state index is -3.97. The monoisotopic (exact) mass is 428 g/mol. The molecule has 0 spiro atoms. The second-order valence-corrected chi connectivity index (χ2v) is 9.68. The van der Waals surface area contributed by atoms with Crippen molar-refractivity contribution in [2.45, 2.75) is 22.7 Å². The molecule has 0 fully saturated rings. The predicted molar refractivity (Wildman–Crippen MR) is 123 cm³/mol. The van der Waals surface area contributed by atoms with Crippen molar-refractivity contribution in [3.8, 4) is 0 Å². The molecule has 4 aromatic carbocycles. The van der Waals surface area contributed by atoms with Crippen molar-refractivity contribution in [3.63, 3.8) is 0 Å². The normalized spacial score (nSPS) is 13.0. The molecule has 0 heterocycles. The maximum atomic E-state index is 14.1. The lowest BCUT2D eigenvalue weighted by atomic mass is 9.81. The van der Waals surface area contributed by atoms with Crippen molar-refractivity contribution in [1.82, 2.24) is 0 Å². The Balaban J connectivity index is 2.04. The van der Waals surface area contributed by atoms with Gasteiger partial charge >= 0.3 is 0 Å². The Morgan fingerprint density at radius 1 is 0.645 bits per heavy atom. The van der Waals surface area contributed by atoms with Crippen LogP contribution in [0.25, 0.3) is 0 Å². The minimum Gasteiger partial charge on any atom is -0.379 e. The number of aliphatic hydroxyl groups is 1. The standard InChI is InChI=1S/C27H24O3S/c1-21-17-19-25(20-18-21)31(29,30)26(22-11-5-2-6-12-22)27(28,23-13-7-3-8-14-23)24-15-9-4-10-16-24/h2-20,26,28H,1H3/t26-/m1/s1. The van der Waals surface area contributed by atoms with Gasteiger partial charge in [0.1, 0.15) is 10.9 Å². The minimum absolute atomic E-state index is 0.178. The van der Waals surface area contributed by atoms with Crippen LogP contribution in [0.4, 0.5) is 0 Å². The number of rotatable bonds is 6. The lowest BCUT2D eigenvalue weighted by Gasteiger charge is -2.37. The molecular weight excluding hydrogens is 404 g/mol. The van der Waals surface area contributed by atoms with E-state index in [0.717, 1.165) is 5.56 Å². The van der Waals surface area contributed by atoms with E-state index in [4.69, 9.17) is 0 Å². The first-order valence-electron chi connectivity index (χ1n) is 10.1. The summed E-state index contributed by atoms with van der Waals surface area (Å²) in [6.07, 6.45) is 0. The van der Waals surface area contributed by atoms with E-state index >= 15 is 0 Å². The van der Waals surface area contributed by atoms with Gasteiger partial charge in [-0.2, -0.15) is 0 Å². The van der Waals surface area contributed by atoms with Gasteiger partial charge in [0.2, 0.25) is 0 Å². The van der Waals surface area contributed by atoms with E-state index in [-0.39, 0.29) is 4.90 Å². The average Bonchev–Trinajstić information content (AvgIpc) is 2.81. The topological polar surface area (TPSA) is 54.4 Å². The molecule has 3 nitrogen and oxygen atoms in total. The first-order chi connectivity index (χ1) is 14.9. The third-order valence-corrected chi connectivity index (χ3v) is 7.73. The van der Waals surface area contributed by atoms with Gasteiger partial charge in [0.05, 0.1) is 4.90 Å². The zero-order valence-corrected chi connectivity index (χ0v) is 18.0. The fraction of sp³-hybridized carbons (Fsp3) is 0.111. The van der Waals surface area contributed by atoms with Gasteiger partial charge in [-0.25, -0.2) is 8.42 Å². The second-order valence-electron chi connectivity index (χ2n) is 7.65. The van der Waals surface area contributed by atoms with E-state index < -0.39 is 20.7 Å². The third kappa shape index (κ3) is 3.92. The molecular formula is C27H24O3S. The molecule has 0 aliphatic carbocycles. The Labute approximate surface area is 183 Å². The molecule has 0 unspecified atom stereocenters. The van der Waals surface area contributed by atoms with Gasteiger partial charge in [-0.15, -0.1) is 0 Å². The summed E-state index contributed by atoms with van der Waals surface area (Å²) >= 11 is 0. The molecule has 4 heteroatoms. The zero-order chi connectivity index (χ0) is 21.9. The number of sulfone groups is 1. The molecule has 4 aromatic rings. The molecule has 1 N–H and O–H groups in total. The first-order valence-corrected chi connectivity index (χ1v) is 11.7. The van der Waals surface area contributed by atoms with Crippen LogP contribution in [0.5, 0.6) is 0 Å². The van der Waals surface area contributed by atoms with Crippen molar-refractivity contribution < 1.29 is 13.5 Å². The van der Waals surface area contributed by atoms with Crippen molar-refractivity contribution >= 4 is 9.84 Å².